The third-order valence-corrected chi connectivity index (χ3v) is 3.98. The quantitative estimate of drug-likeness (QED) is 0.312. The Morgan fingerprint density at radius 2 is 1.78 bits per heavy atom. The molecule has 0 aromatic heterocycles. The Morgan fingerprint density at radius 3 is 2.41 bits per heavy atom. The van der Waals surface area contributed by atoms with E-state index in [1.807, 2.05) is 12.1 Å². The summed E-state index contributed by atoms with van der Waals surface area (Å²) < 4.78 is 16.1. The summed E-state index contributed by atoms with van der Waals surface area (Å²) in [6, 6.07) is 8.40. The molecule has 0 saturated heterocycles. The summed E-state index contributed by atoms with van der Waals surface area (Å²) in [6.45, 7) is 10.1. The highest BCUT2D eigenvalue weighted by molar-refractivity contribution is 5.80. The topological polar surface area (TPSA) is 64.1 Å². The van der Waals surface area contributed by atoms with Crippen molar-refractivity contribution in [2.45, 2.75) is 39.7 Å². The average molecular weight is 380 g/mol. The Bertz CT molecular complexity index is 518. The van der Waals surface area contributed by atoms with E-state index >= 15 is 0 Å². The van der Waals surface area contributed by atoms with Gasteiger partial charge in [-0.3, -0.25) is 4.99 Å². The van der Waals surface area contributed by atoms with Gasteiger partial charge < -0.3 is 24.8 Å². The van der Waals surface area contributed by atoms with Crippen LogP contribution in [0.3, 0.4) is 0 Å². The van der Waals surface area contributed by atoms with E-state index in [4.69, 9.17) is 14.2 Å². The van der Waals surface area contributed by atoms with Gasteiger partial charge >= 0.3 is 0 Å². The second-order valence-corrected chi connectivity index (χ2v) is 6.95. The van der Waals surface area contributed by atoms with E-state index in [-0.39, 0.29) is 6.04 Å². The molecular weight excluding hydrogens is 342 g/mol. The van der Waals surface area contributed by atoms with E-state index in [1.54, 1.807) is 14.2 Å². The number of hydrogen-bond donors (Lipinski definition) is 2. The molecule has 6 heteroatoms. The third kappa shape index (κ3) is 10.8. The largest absolute Gasteiger partial charge is 0.493 e. The molecule has 1 unspecified atom stereocenters. The van der Waals surface area contributed by atoms with E-state index in [9.17, 15) is 0 Å². The number of rotatable bonds is 13. The van der Waals surface area contributed by atoms with E-state index < -0.39 is 0 Å². The van der Waals surface area contributed by atoms with Gasteiger partial charge in [-0.1, -0.05) is 26.0 Å². The van der Waals surface area contributed by atoms with Gasteiger partial charge in [0, 0.05) is 27.3 Å². The number of benzene rings is 1. The van der Waals surface area contributed by atoms with Gasteiger partial charge in [-0.25, -0.2) is 0 Å². The molecule has 6 nitrogen and oxygen atoms in total. The van der Waals surface area contributed by atoms with Crippen LogP contribution in [0.15, 0.2) is 29.3 Å². The van der Waals surface area contributed by atoms with Crippen LogP contribution in [0.25, 0.3) is 0 Å². The number of guanidine groups is 1. The van der Waals surface area contributed by atoms with Gasteiger partial charge in [-0.2, -0.15) is 0 Å². The van der Waals surface area contributed by atoms with Crippen LogP contribution in [-0.2, 0) is 9.47 Å². The first kappa shape index (κ1) is 23.2. The molecule has 0 aliphatic heterocycles. The summed E-state index contributed by atoms with van der Waals surface area (Å²) in [4.78, 5) is 4.30. The molecule has 0 saturated carbocycles. The minimum absolute atomic E-state index is 0.160. The van der Waals surface area contributed by atoms with Crippen molar-refractivity contribution in [1.82, 2.24) is 10.6 Å². The van der Waals surface area contributed by atoms with Gasteiger partial charge in [0.05, 0.1) is 25.9 Å². The smallest absolute Gasteiger partial charge is 0.191 e. The standard InChI is InChI=1S/C21H37N3O3/c1-17(2)16-27-20-10-8-19(9-11-20)18(3)24-21(22-4)23-12-6-7-13-26-15-14-25-5/h8-11,17-18H,6-7,12-16H2,1-5H3,(H2,22,23,24). The molecule has 0 heterocycles. The normalized spacial score (nSPS) is 12.9. The highest BCUT2D eigenvalue weighted by Crippen LogP contribution is 2.18. The molecule has 0 aliphatic rings. The molecule has 1 aromatic rings. The molecule has 1 atom stereocenters. The van der Waals surface area contributed by atoms with Crippen LogP contribution in [0.2, 0.25) is 0 Å². The first-order valence-corrected chi connectivity index (χ1v) is 9.83. The maximum absolute atomic E-state index is 5.74. The Balaban J connectivity index is 2.29. The fourth-order valence-corrected chi connectivity index (χ4v) is 2.38. The monoisotopic (exact) mass is 379 g/mol. The second-order valence-electron chi connectivity index (χ2n) is 6.95. The molecule has 0 spiro atoms. The minimum Gasteiger partial charge on any atom is -0.493 e. The molecule has 0 amide bonds. The predicted octanol–water partition coefficient (Wildman–Crippen LogP) is 3.39. The van der Waals surface area contributed by atoms with Gasteiger partial charge in [0.1, 0.15) is 5.75 Å². The van der Waals surface area contributed by atoms with Crippen molar-refractivity contribution in [3.05, 3.63) is 29.8 Å². The molecule has 0 aliphatic carbocycles. The lowest BCUT2D eigenvalue weighted by molar-refractivity contribution is 0.0689. The zero-order chi connectivity index (χ0) is 19.9. The number of methoxy groups -OCH3 is 1. The van der Waals surface area contributed by atoms with Gasteiger partial charge in [0.25, 0.3) is 0 Å². The predicted molar refractivity (Wildman–Crippen MR) is 112 cm³/mol. The number of nitrogens with one attached hydrogen (secondary N) is 2. The molecule has 0 bridgehead atoms. The number of ether oxygens (including phenoxy) is 3. The summed E-state index contributed by atoms with van der Waals surface area (Å²) in [5.41, 5.74) is 1.20. The van der Waals surface area contributed by atoms with Crippen LogP contribution in [-0.4, -0.2) is 53.1 Å². The van der Waals surface area contributed by atoms with Gasteiger partial charge in [0.2, 0.25) is 0 Å². The molecular formula is C21H37N3O3. The Hall–Kier alpha value is -1.79. The second kappa shape index (κ2) is 14.3. The fraction of sp³-hybridized carbons (Fsp3) is 0.667. The highest BCUT2D eigenvalue weighted by atomic mass is 16.5. The van der Waals surface area contributed by atoms with Crippen molar-refractivity contribution in [1.29, 1.82) is 0 Å². The van der Waals surface area contributed by atoms with Crippen LogP contribution in [0, 0.1) is 5.92 Å². The summed E-state index contributed by atoms with van der Waals surface area (Å²) >= 11 is 0. The minimum atomic E-state index is 0.160. The molecule has 0 fully saturated rings. The Morgan fingerprint density at radius 1 is 1.04 bits per heavy atom. The zero-order valence-electron chi connectivity index (χ0n) is 17.6. The number of aliphatic imine (C=N–C) groups is 1. The van der Waals surface area contributed by atoms with Gasteiger partial charge in [-0.05, 0) is 43.4 Å². The van der Waals surface area contributed by atoms with Gasteiger partial charge in [0.15, 0.2) is 5.96 Å². The van der Waals surface area contributed by atoms with E-state index in [2.05, 4.69) is 48.5 Å². The van der Waals surface area contributed by atoms with Crippen molar-refractivity contribution in [3.63, 3.8) is 0 Å². The summed E-state index contributed by atoms with van der Waals surface area (Å²) in [5.74, 6) is 2.24. The van der Waals surface area contributed by atoms with Crippen molar-refractivity contribution >= 4 is 5.96 Å². The lowest BCUT2D eigenvalue weighted by Gasteiger charge is -2.19. The zero-order valence-corrected chi connectivity index (χ0v) is 17.6. The van der Waals surface area contributed by atoms with E-state index in [0.717, 1.165) is 44.3 Å². The maximum atomic E-state index is 5.74. The fourth-order valence-electron chi connectivity index (χ4n) is 2.38. The highest BCUT2D eigenvalue weighted by Gasteiger charge is 2.08. The molecule has 1 aromatic carbocycles. The summed E-state index contributed by atoms with van der Waals surface area (Å²) in [6.07, 6.45) is 2.05. The van der Waals surface area contributed by atoms with Gasteiger partial charge in [-0.15, -0.1) is 0 Å². The van der Waals surface area contributed by atoms with Crippen molar-refractivity contribution in [2.75, 3.05) is 47.1 Å². The molecule has 2 N–H and O–H groups in total. The Labute approximate surface area is 164 Å². The van der Waals surface area contributed by atoms with Crippen molar-refractivity contribution < 1.29 is 14.2 Å². The van der Waals surface area contributed by atoms with E-state index in [0.29, 0.717) is 19.1 Å². The number of hydrogen-bond acceptors (Lipinski definition) is 4. The van der Waals surface area contributed by atoms with Crippen molar-refractivity contribution in [3.8, 4) is 5.75 Å². The lowest BCUT2D eigenvalue weighted by atomic mass is 10.1. The third-order valence-electron chi connectivity index (χ3n) is 3.98. The maximum Gasteiger partial charge on any atom is 0.191 e. The van der Waals surface area contributed by atoms with E-state index in [1.165, 1.54) is 5.56 Å². The molecule has 27 heavy (non-hydrogen) atoms. The Kier molecular flexibility index (Phi) is 12.3. The average Bonchev–Trinajstić information content (AvgIpc) is 2.67. The molecule has 1 rings (SSSR count). The SMILES string of the molecule is CN=C(NCCCCOCCOC)NC(C)c1ccc(OCC(C)C)cc1. The number of nitrogens with zero attached hydrogens (tertiary/aromatic N) is 1. The summed E-state index contributed by atoms with van der Waals surface area (Å²) in [7, 11) is 3.47. The first-order valence-electron chi connectivity index (χ1n) is 9.83. The van der Waals surface area contributed by atoms with Crippen LogP contribution >= 0.6 is 0 Å². The lowest BCUT2D eigenvalue weighted by Crippen LogP contribution is -2.39. The van der Waals surface area contributed by atoms with Crippen molar-refractivity contribution in [2.24, 2.45) is 10.9 Å². The number of unbranched alkanes of at least 4 members (excludes halogenated alkanes) is 1. The molecule has 154 valence electrons. The van der Waals surface area contributed by atoms with Crippen LogP contribution in [0.5, 0.6) is 5.75 Å². The van der Waals surface area contributed by atoms with Crippen LogP contribution in [0.4, 0.5) is 0 Å². The van der Waals surface area contributed by atoms with Crippen LogP contribution < -0.4 is 15.4 Å². The first-order chi connectivity index (χ1) is 13.1. The summed E-state index contributed by atoms with van der Waals surface area (Å²) in [5, 5.41) is 6.77. The van der Waals surface area contributed by atoms with Crippen LogP contribution in [0.1, 0.15) is 45.2 Å². The molecule has 0 radical (unpaired) electrons.